The molecule has 0 aliphatic rings. The van der Waals surface area contributed by atoms with E-state index in [4.69, 9.17) is 11.6 Å². The summed E-state index contributed by atoms with van der Waals surface area (Å²) in [5.74, 6) is 0. The highest BCUT2D eigenvalue weighted by Gasteiger charge is 2.32. The second kappa shape index (κ2) is 7.53. The quantitative estimate of drug-likeness (QED) is 0.523. The highest BCUT2D eigenvalue weighted by atomic mass is 35.5. The fourth-order valence-electron chi connectivity index (χ4n) is 1.80. The van der Waals surface area contributed by atoms with E-state index >= 15 is 0 Å². The van der Waals surface area contributed by atoms with Crippen molar-refractivity contribution in [2.75, 3.05) is 6.54 Å². The van der Waals surface area contributed by atoms with Gasteiger partial charge >= 0.3 is 0 Å². The molecule has 1 aromatic heterocycles. The Balaban J connectivity index is 3.22. The second-order valence-electron chi connectivity index (χ2n) is 4.71. The van der Waals surface area contributed by atoms with E-state index in [2.05, 4.69) is 0 Å². The third kappa shape index (κ3) is 4.15. The fraction of sp³-hybridized carbons (Fsp3) is 0.667. The van der Waals surface area contributed by atoms with Crippen molar-refractivity contribution < 1.29 is 13.3 Å². The van der Waals surface area contributed by atoms with Crippen LogP contribution in [0.1, 0.15) is 40.0 Å². The zero-order chi connectivity index (χ0) is 16.2. The summed E-state index contributed by atoms with van der Waals surface area (Å²) in [5, 5.41) is 10.8. The van der Waals surface area contributed by atoms with Gasteiger partial charge in [-0.25, -0.2) is 8.42 Å². The van der Waals surface area contributed by atoms with Gasteiger partial charge in [0.05, 0.1) is 4.92 Å². The predicted octanol–water partition coefficient (Wildman–Crippen LogP) is 3.90. The minimum absolute atomic E-state index is 0.0735. The molecular formula is C12H19ClN2O4S2. The average Bonchev–Trinajstić information content (AvgIpc) is 2.81. The molecule has 0 fully saturated rings. The third-order valence-corrected chi connectivity index (χ3v) is 7.02. The summed E-state index contributed by atoms with van der Waals surface area (Å²) in [6.45, 7) is 6.12. The number of hydrogen-bond donors (Lipinski definition) is 0. The average molecular weight is 355 g/mol. The highest BCUT2D eigenvalue weighted by molar-refractivity contribution is 7.91. The zero-order valence-electron chi connectivity index (χ0n) is 12.2. The van der Waals surface area contributed by atoms with Crippen molar-refractivity contribution in [2.45, 2.75) is 50.3 Å². The van der Waals surface area contributed by atoms with Crippen molar-refractivity contribution in [3.05, 3.63) is 20.5 Å². The lowest BCUT2D eigenvalue weighted by atomic mass is 10.2. The number of unbranched alkanes of at least 4 members (excludes halogenated alkanes) is 1. The molecule has 1 aromatic rings. The summed E-state index contributed by atoms with van der Waals surface area (Å²) in [6.07, 6.45) is 2.28. The Morgan fingerprint density at radius 1 is 1.48 bits per heavy atom. The van der Waals surface area contributed by atoms with Crippen LogP contribution in [0.5, 0.6) is 0 Å². The van der Waals surface area contributed by atoms with Gasteiger partial charge in [0.25, 0.3) is 15.7 Å². The Kier molecular flexibility index (Phi) is 6.58. The molecule has 0 saturated carbocycles. The van der Waals surface area contributed by atoms with E-state index in [9.17, 15) is 18.5 Å². The second-order valence-corrected chi connectivity index (χ2v) is 8.48. The normalized spacial score (nSPS) is 13.6. The fourth-order valence-corrected chi connectivity index (χ4v) is 5.34. The van der Waals surface area contributed by atoms with E-state index < -0.39 is 14.9 Å². The van der Waals surface area contributed by atoms with Crippen LogP contribution in [0.25, 0.3) is 0 Å². The van der Waals surface area contributed by atoms with Gasteiger partial charge in [-0.3, -0.25) is 10.1 Å². The molecule has 0 saturated heterocycles. The maximum absolute atomic E-state index is 12.7. The van der Waals surface area contributed by atoms with Gasteiger partial charge in [-0.2, -0.15) is 4.31 Å². The molecule has 120 valence electrons. The van der Waals surface area contributed by atoms with Crippen LogP contribution in [-0.4, -0.2) is 30.2 Å². The van der Waals surface area contributed by atoms with E-state index in [0.29, 0.717) is 13.0 Å². The number of hydrogen-bond acceptors (Lipinski definition) is 5. The lowest BCUT2D eigenvalue weighted by molar-refractivity contribution is -0.384. The van der Waals surface area contributed by atoms with Gasteiger partial charge in [0.1, 0.15) is 4.21 Å². The van der Waals surface area contributed by atoms with E-state index in [0.717, 1.165) is 30.2 Å². The van der Waals surface area contributed by atoms with Crippen molar-refractivity contribution >= 4 is 38.6 Å². The molecule has 0 radical (unpaired) electrons. The first-order valence-electron chi connectivity index (χ1n) is 6.71. The molecule has 0 amide bonds. The molecule has 0 aliphatic heterocycles. The number of halogens is 1. The Morgan fingerprint density at radius 2 is 2.10 bits per heavy atom. The van der Waals surface area contributed by atoms with Gasteiger partial charge in [0, 0.05) is 18.7 Å². The van der Waals surface area contributed by atoms with Crippen LogP contribution in [-0.2, 0) is 10.0 Å². The first-order valence-corrected chi connectivity index (χ1v) is 9.34. The summed E-state index contributed by atoms with van der Waals surface area (Å²) in [6, 6.07) is 0.880. The van der Waals surface area contributed by atoms with Crippen molar-refractivity contribution in [1.29, 1.82) is 0 Å². The lowest BCUT2D eigenvalue weighted by Gasteiger charge is -2.26. The lowest BCUT2D eigenvalue weighted by Crippen LogP contribution is -2.38. The number of nitro groups is 1. The van der Waals surface area contributed by atoms with Gasteiger partial charge in [-0.1, -0.05) is 31.9 Å². The van der Waals surface area contributed by atoms with Gasteiger partial charge in [-0.15, -0.1) is 11.3 Å². The molecule has 9 heteroatoms. The van der Waals surface area contributed by atoms with Crippen LogP contribution in [0, 0.1) is 10.1 Å². The van der Waals surface area contributed by atoms with E-state index in [1.54, 1.807) is 0 Å². The van der Waals surface area contributed by atoms with Gasteiger partial charge in [0.2, 0.25) is 0 Å². The first kappa shape index (κ1) is 18.3. The Hall–Kier alpha value is -0.700. The number of nitrogens with zero attached hydrogens (tertiary/aromatic N) is 2. The maximum Gasteiger partial charge on any atom is 0.300 e. The summed E-state index contributed by atoms with van der Waals surface area (Å²) in [4.78, 5) is 10.1. The summed E-state index contributed by atoms with van der Waals surface area (Å²) in [5.41, 5.74) is -0.361. The smallest absolute Gasteiger partial charge is 0.258 e. The molecule has 1 unspecified atom stereocenters. The van der Waals surface area contributed by atoms with Crippen LogP contribution >= 0.6 is 22.9 Å². The Morgan fingerprint density at radius 3 is 2.52 bits per heavy atom. The highest BCUT2D eigenvalue weighted by Crippen LogP contribution is 2.38. The summed E-state index contributed by atoms with van der Waals surface area (Å²) >= 11 is 6.50. The SMILES string of the molecule is CCCCN(C(C)CC)S(=O)(=O)c1cc([N+](=O)[O-])c(Cl)s1. The van der Waals surface area contributed by atoms with E-state index in [1.807, 2.05) is 20.8 Å². The van der Waals surface area contributed by atoms with E-state index in [-0.39, 0.29) is 20.3 Å². The summed E-state index contributed by atoms with van der Waals surface area (Å²) < 4.78 is 26.6. The van der Waals surface area contributed by atoms with Crippen LogP contribution in [0.4, 0.5) is 5.69 Å². The molecule has 1 atom stereocenters. The van der Waals surface area contributed by atoms with Gasteiger partial charge in [-0.05, 0) is 19.8 Å². The molecule has 0 N–H and O–H groups in total. The van der Waals surface area contributed by atoms with Gasteiger partial charge in [0.15, 0.2) is 4.34 Å². The Bertz CT molecular complexity index is 600. The topological polar surface area (TPSA) is 80.5 Å². The maximum atomic E-state index is 12.7. The van der Waals surface area contributed by atoms with Crippen molar-refractivity contribution in [3.63, 3.8) is 0 Å². The molecule has 0 bridgehead atoms. The molecule has 0 aromatic carbocycles. The van der Waals surface area contributed by atoms with Crippen LogP contribution in [0.15, 0.2) is 10.3 Å². The Labute approximate surface area is 133 Å². The first-order chi connectivity index (χ1) is 9.75. The standard InChI is InChI=1S/C12H19ClN2O4S2/c1-4-6-7-14(9(3)5-2)21(18,19)11-8-10(15(16)17)12(13)20-11/h8-9H,4-7H2,1-3H3. The third-order valence-electron chi connectivity index (χ3n) is 3.22. The summed E-state index contributed by atoms with van der Waals surface area (Å²) in [7, 11) is -3.76. The molecular weight excluding hydrogens is 336 g/mol. The van der Waals surface area contributed by atoms with Crippen LogP contribution in [0.2, 0.25) is 4.34 Å². The molecule has 21 heavy (non-hydrogen) atoms. The van der Waals surface area contributed by atoms with E-state index in [1.165, 1.54) is 4.31 Å². The number of rotatable bonds is 8. The molecule has 1 heterocycles. The minimum Gasteiger partial charge on any atom is -0.258 e. The largest absolute Gasteiger partial charge is 0.300 e. The van der Waals surface area contributed by atoms with Crippen LogP contribution in [0.3, 0.4) is 0 Å². The zero-order valence-corrected chi connectivity index (χ0v) is 14.6. The monoisotopic (exact) mass is 354 g/mol. The minimum atomic E-state index is -3.76. The van der Waals surface area contributed by atoms with Crippen molar-refractivity contribution in [3.8, 4) is 0 Å². The number of thiophene rings is 1. The van der Waals surface area contributed by atoms with Crippen molar-refractivity contribution in [1.82, 2.24) is 4.31 Å². The predicted molar refractivity (Wildman–Crippen MR) is 84.5 cm³/mol. The molecule has 1 rings (SSSR count). The molecule has 0 spiro atoms. The van der Waals surface area contributed by atoms with Crippen molar-refractivity contribution in [2.24, 2.45) is 0 Å². The van der Waals surface area contributed by atoms with Crippen LogP contribution < -0.4 is 0 Å². The molecule has 0 aliphatic carbocycles. The number of sulfonamides is 1. The molecule has 6 nitrogen and oxygen atoms in total. The van der Waals surface area contributed by atoms with Gasteiger partial charge < -0.3 is 0 Å².